The van der Waals surface area contributed by atoms with Crippen LogP contribution in [0.1, 0.15) is 25.3 Å². The van der Waals surface area contributed by atoms with Gasteiger partial charge in [-0.3, -0.25) is 0 Å². The van der Waals surface area contributed by atoms with Crippen LogP contribution in [0.4, 0.5) is 0 Å². The molecule has 0 amide bonds. The summed E-state index contributed by atoms with van der Waals surface area (Å²) in [7, 11) is -3.59. The second kappa shape index (κ2) is 5.36. The van der Waals surface area contributed by atoms with Crippen molar-refractivity contribution in [3.63, 3.8) is 0 Å². The number of hydrogen-bond acceptors (Lipinski definition) is 3. The van der Waals surface area contributed by atoms with Crippen LogP contribution in [0.3, 0.4) is 0 Å². The molecular formula is C12H15ClN2O2S2. The lowest BCUT2D eigenvalue weighted by Crippen LogP contribution is -2.33. The van der Waals surface area contributed by atoms with Gasteiger partial charge in [-0.15, -0.1) is 0 Å². The minimum Gasteiger partial charge on any atom is -0.389 e. The van der Waals surface area contributed by atoms with Crippen molar-refractivity contribution in [3.8, 4) is 0 Å². The first-order valence-electron chi connectivity index (χ1n) is 5.99. The Morgan fingerprint density at radius 2 is 2.16 bits per heavy atom. The van der Waals surface area contributed by atoms with Crippen molar-refractivity contribution < 1.29 is 8.42 Å². The van der Waals surface area contributed by atoms with E-state index in [1.165, 1.54) is 16.4 Å². The molecule has 2 rings (SSSR count). The van der Waals surface area contributed by atoms with Gasteiger partial charge in [0.05, 0.1) is 5.02 Å². The number of sulfonamides is 1. The molecule has 0 unspecified atom stereocenters. The largest absolute Gasteiger partial charge is 0.389 e. The predicted octanol–water partition coefficient (Wildman–Crippen LogP) is 2.15. The van der Waals surface area contributed by atoms with Gasteiger partial charge in [0.1, 0.15) is 9.88 Å². The summed E-state index contributed by atoms with van der Waals surface area (Å²) in [5.41, 5.74) is 6.04. The van der Waals surface area contributed by atoms with Crippen molar-refractivity contribution in [3.05, 3.63) is 28.8 Å². The number of hydrogen-bond donors (Lipinski definition) is 1. The SMILES string of the molecule is CCN(C1CC1)S(=O)(=O)c1cc(C(N)=S)ccc1Cl. The fourth-order valence-corrected chi connectivity index (χ4v) is 4.29. The van der Waals surface area contributed by atoms with Crippen molar-refractivity contribution in [2.45, 2.75) is 30.7 Å². The van der Waals surface area contributed by atoms with Gasteiger partial charge in [-0.1, -0.05) is 36.8 Å². The molecular weight excluding hydrogens is 304 g/mol. The van der Waals surface area contributed by atoms with Gasteiger partial charge >= 0.3 is 0 Å². The Bertz CT molecular complexity index is 612. The zero-order chi connectivity index (χ0) is 14.2. The Kier molecular flexibility index (Phi) is 4.15. The predicted molar refractivity (Wildman–Crippen MR) is 79.9 cm³/mol. The normalized spacial score (nSPS) is 15.7. The second-order valence-corrected chi connectivity index (χ2v) is 7.16. The molecule has 0 bridgehead atoms. The Labute approximate surface area is 123 Å². The molecule has 1 aliphatic rings. The molecule has 0 aromatic heterocycles. The average Bonchev–Trinajstić information content (AvgIpc) is 3.14. The maximum absolute atomic E-state index is 12.6. The second-order valence-electron chi connectivity index (χ2n) is 4.45. The molecule has 0 aliphatic heterocycles. The molecule has 7 heteroatoms. The maximum Gasteiger partial charge on any atom is 0.244 e. The maximum atomic E-state index is 12.6. The van der Waals surface area contributed by atoms with Gasteiger partial charge in [-0.25, -0.2) is 8.42 Å². The Morgan fingerprint density at radius 1 is 1.53 bits per heavy atom. The van der Waals surface area contributed by atoms with Crippen LogP contribution in [0.25, 0.3) is 0 Å². The summed E-state index contributed by atoms with van der Waals surface area (Å²) in [6.07, 6.45) is 1.80. The zero-order valence-corrected chi connectivity index (χ0v) is 12.9. The summed E-state index contributed by atoms with van der Waals surface area (Å²) in [5, 5.41) is 0.194. The lowest BCUT2D eigenvalue weighted by molar-refractivity contribution is 0.421. The first-order chi connectivity index (χ1) is 8.87. The quantitative estimate of drug-likeness (QED) is 0.845. The molecule has 0 heterocycles. The van der Waals surface area contributed by atoms with E-state index >= 15 is 0 Å². The van der Waals surface area contributed by atoms with Gasteiger partial charge in [0.25, 0.3) is 0 Å². The number of thiocarbonyl (C=S) groups is 1. The van der Waals surface area contributed by atoms with Gasteiger partial charge in [0, 0.05) is 18.2 Å². The fourth-order valence-electron chi connectivity index (χ4n) is 1.97. The third-order valence-corrected chi connectivity index (χ3v) is 5.81. The van der Waals surface area contributed by atoms with Gasteiger partial charge < -0.3 is 5.73 Å². The van der Waals surface area contributed by atoms with Crippen LogP contribution >= 0.6 is 23.8 Å². The van der Waals surface area contributed by atoms with E-state index in [2.05, 4.69) is 0 Å². The number of nitrogens with zero attached hydrogens (tertiary/aromatic N) is 1. The van der Waals surface area contributed by atoms with Crippen LogP contribution in [0, 0.1) is 0 Å². The van der Waals surface area contributed by atoms with E-state index in [1.807, 2.05) is 6.92 Å². The summed E-state index contributed by atoms with van der Waals surface area (Å²) < 4.78 is 26.7. The van der Waals surface area contributed by atoms with Crippen molar-refractivity contribution in [2.75, 3.05) is 6.54 Å². The molecule has 0 radical (unpaired) electrons. The Morgan fingerprint density at radius 3 is 2.63 bits per heavy atom. The van der Waals surface area contributed by atoms with Crippen molar-refractivity contribution in [2.24, 2.45) is 5.73 Å². The first kappa shape index (κ1) is 14.7. The van der Waals surface area contributed by atoms with Crippen molar-refractivity contribution >= 4 is 38.8 Å². The Hall–Kier alpha value is -0.690. The number of rotatable bonds is 5. The standard InChI is InChI=1S/C12H15ClN2O2S2/c1-2-15(9-4-5-9)19(16,17)11-7-8(12(14)18)3-6-10(11)13/h3,6-7,9H,2,4-5H2,1H3,(H2,14,18). The van der Waals surface area contributed by atoms with E-state index in [0.717, 1.165) is 12.8 Å². The fraction of sp³-hybridized carbons (Fsp3) is 0.417. The molecule has 19 heavy (non-hydrogen) atoms. The van der Waals surface area contributed by atoms with Crippen molar-refractivity contribution in [1.29, 1.82) is 0 Å². The third-order valence-electron chi connectivity index (χ3n) is 3.07. The van der Waals surface area contributed by atoms with Gasteiger partial charge in [-0.05, 0) is 25.0 Å². The highest BCUT2D eigenvalue weighted by Crippen LogP contribution is 2.34. The van der Waals surface area contributed by atoms with E-state index < -0.39 is 10.0 Å². The van der Waals surface area contributed by atoms with Crippen LogP contribution in [0.5, 0.6) is 0 Å². The molecule has 1 fully saturated rings. The zero-order valence-electron chi connectivity index (χ0n) is 10.5. The number of nitrogens with two attached hydrogens (primary N) is 1. The van der Waals surface area contributed by atoms with Gasteiger partial charge in [-0.2, -0.15) is 4.31 Å². The topological polar surface area (TPSA) is 63.4 Å². The lowest BCUT2D eigenvalue weighted by atomic mass is 10.2. The number of halogens is 1. The molecule has 0 spiro atoms. The highest BCUT2D eigenvalue weighted by atomic mass is 35.5. The van der Waals surface area contributed by atoms with Gasteiger partial charge in [0.2, 0.25) is 10.0 Å². The minimum absolute atomic E-state index is 0.0771. The Balaban J connectivity index is 2.49. The third kappa shape index (κ3) is 2.91. The van der Waals surface area contributed by atoms with E-state index in [1.54, 1.807) is 6.07 Å². The van der Waals surface area contributed by atoms with E-state index in [-0.39, 0.29) is 20.9 Å². The van der Waals surface area contributed by atoms with Crippen LogP contribution < -0.4 is 5.73 Å². The van der Waals surface area contributed by atoms with Crippen LogP contribution in [-0.4, -0.2) is 30.3 Å². The molecule has 0 atom stereocenters. The van der Waals surface area contributed by atoms with Crippen LogP contribution in [0.15, 0.2) is 23.1 Å². The monoisotopic (exact) mass is 318 g/mol. The molecule has 1 saturated carbocycles. The molecule has 1 aromatic carbocycles. The van der Waals surface area contributed by atoms with Crippen LogP contribution in [-0.2, 0) is 10.0 Å². The molecule has 4 nitrogen and oxygen atoms in total. The summed E-state index contributed by atoms with van der Waals surface area (Å²) in [5.74, 6) is 0. The summed E-state index contributed by atoms with van der Waals surface area (Å²) >= 11 is 10.9. The summed E-state index contributed by atoms with van der Waals surface area (Å²) in [6, 6.07) is 4.69. The molecule has 104 valence electrons. The van der Waals surface area contributed by atoms with Gasteiger partial charge in [0.15, 0.2) is 0 Å². The lowest BCUT2D eigenvalue weighted by Gasteiger charge is -2.21. The summed E-state index contributed by atoms with van der Waals surface area (Å²) in [6.45, 7) is 2.25. The van der Waals surface area contributed by atoms with Crippen molar-refractivity contribution in [1.82, 2.24) is 4.31 Å². The van der Waals surface area contributed by atoms with E-state index in [9.17, 15) is 8.42 Å². The first-order valence-corrected chi connectivity index (χ1v) is 8.21. The van der Waals surface area contributed by atoms with E-state index in [0.29, 0.717) is 12.1 Å². The molecule has 2 N–H and O–H groups in total. The highest BCUT2D eigenvalue weighted by Gasteiger charge is 2.37. The summed E-state index contributed by atoms with van der Waals surface area (Å²) in [4.78, 5) is 0.232. The minimum atomic E-state index is -3.59. The molecule has 0 saturated heterocycles. The smallest absolute Gasteiger partial charge is 0.244 e. The molecule has 1 aromatic rings. The number of benzene rings is 1. The van der Waals surface area contributed by atoms with Crippen LogP contribution in [0.2, 0.25) is 5.02 Å². The average molecular weight is 319 g/mol. The highest BCUT2D eigenvalue weighted by molar-refractivity contribution is 7.89. The van der Waals surface area contributed by atoms with E-state index in [4.69, 9.17) is 29.6 Å². The molecule has 1 aliphatic carbocycles.